The lowest BCUT2D eigenvalue weighted by atomic mass is 9.63. The fourth-order valence-electron chi connectivity index (χ4n) is 5.43. The molecule has 3 aliphatic rings. The number of rotatable bonds is 4. The highest BCUT2D eigenvalue weighted by Gasteiger charge is 2.48. The highest BCUT2D eigenvalue weighted by Crippen LogP contribution is 2.47. The average Bonchev–Trinajstić information content (AvgIpc) is 3.47. The van der Waals surface area contributed by atoms with E-state index in [9.17, 15) is 18.0 Å². The highest BCUT2D eigenvalue weighted by molar-refractivity contribution is 7.89. The van der Waals surface area contributed by atoms with Crippen LogP contribution in [0.1, 0.15) is 73.6 Å². The summed E-state index contributed by atoms with van der Waals surface area (Å²) in [4.78, 5) is 26.5. The number of ketones is 2. The first-order valence-corrected chi connectivity index (χ1v) is 12.8. The Bertz CT molecular complexity index is 1040. The zero-order chi connectivity index (χ0) is 22.4. The first kappa shape index (κ1) is 22.2. The number of piperidine rings is 1. The Hall–Kier alpha value is -1.97. The summed E-state index contributed by atoms with van der Waals surface area (Å²) < 4.78 is 26.8. The predicted molar refractivity (Wildman–Crippen MR) is 120 cm³/mol. The molecule has 0 unspecified atom stereocenters. The molecule has 1 heterocycles. The molecule has 0 bridgehead atoms. The lowest BCUT2D eigenvalue weighted by molar-refractivity contribution is -0.138. The maximum Gasteiger partial charge on any atom is 0.214 e. The van der Waals surface area contributed by atoms with Crippen molar-refractivity contribution in [2.75, 3.05) is 18.8 Å². The summed E-state index contributed by atoms with van der Waals surface area (Å²) in [6.07, 6.45) is 3.90. The summed E-state index contributed by atoms with van der Waals surface area (Å²) >= 11 is 0. The molecule has 4 rings (SSSR count). The highest BCUT2D eigenvalue weighted by atomic mass is 32.2. The van der Waals surface area contributed by atoms with Crippen LogP contribution >= 0.6 is 0 Å². The number of aryl methyl sites for hydroxylation is 2. The zero-order valence-corrected chi connectivity index (χ0v) is 19.5. The van der Waals surface area contributed by atoms with E-state index < -0.39 is 15.9 Å². The maximum absolute atomic E-state index is 13.2. The van der Waals surface area contributed by atoms with Gasteiger partial charge < -0.3 is 0 Å². The summed E-state index contributed by atoms with van der Waals surface area (Å²) in [6.45, 7) is 6.51. The van der Waals surface area contributed by atoms with Gasteiger partial charge in [0.15, 0.2) is 0 Å². The van der Waals surface area contributed by atoms with Crippen molar-refractivity contribution in [1.29, 1.82) is 0 Å². The first-order chi connectivity index (χ1) is 14.6. The molecule has 1 aromatic carbocycles. The summed E-state index contributed by atoms with van der Waals surface area (Å²) in [5.74, 6) is 5.76. The molecule has 1 spiro atoms. The number of Topliss-reactive ketones (excluding diaryl/α,β-unsaturated/α-hetero) is 2. The minimum atomic E-state index is -3.22. The number of carbonyl (C=O) groups excluding carboxylic acids is 2. The Kier molecular flexibility index (Phi) is 5.87. The molecule has 31 heavy (non-hydrogen) atoms. The van der Waals surface area contributed by atoms with Crippen LogP contribution in [0.25, 0.3) is 0 Å². The Morgan fingerprint density at radius 2 is 1.58 bits per heavy atom. The molecule has 0 radical (unpaired) electrons. The molecular formula is C25H31NO4S. The van der Waals surface area contributed by atoms with Crippen molar-refractivity contribution < 1.29 is 18.0 Å². The van der Waals surface area contributed by atoms with Gasteiger partial charge in [0, 0.05) is 31.5 Å². The van der Waals surface area contributed by atoms with Gasteiger partial charge in [0.1, 0.15) is 17.5 Å². The van der Waals surface area contributed by atoms with Gasteiger partial charge in [-0.2, -0.15) is 0 Å². The molecule has 0 amide bonds. The van der Waals surface area contributed by atoms with Gasteiger partial charge in [-0.25, -0.2) is 12.7 Å². The monoisotopic (exact) mass is 441 g/mol. The molecular weight excluding hydrogens is 410 g/mol. The van der Waals surface area contributed by atoms with Gasteiger partial charge in [-0.15, -0.1) is 5.92 Å². The number of nitrogens with zero attached hydrogens (tertiary/aromatic N) is 1. The molecule has 0 aromatic heterocycles. The van der Waals surface area contributed by atoms with E-state index in [-0.39, 0.29) is 22.7 Å². The first-order valence-electron chi connectivity index (χ1n) is 11.2. The van der Waals surface area contributed by atoms with Gasteiger partial charge in [0.2, 0.25) is 10.0 Å². The van der Waals surface area contributed by atoms with E-state index in [0.29, 0.717) is 44.7 Å². The Morgan fingerprint density at radius 3 is 2.06 bits per heavy atom. The zero-order valence-electron chi connectivity index (χ0n) is 18.7. The van der Waals surface area contributed by atoms with Gasteiger partial charge >= 0.3 is 0 Å². The molecule has 5 nitrogen and oxygen atoms in total. The molecule has 0 N–H and O–H groups in total. The topological polar surface area (TPSA) is 71.5 Å². The average molecular weight is 442 g/mol. The van der Waals surface area contributed by atoms with E-state index in [4.69, 9.17) is 0 Å². The van der Waals surface area contributed by atoms with Crippen molar-refractivity contribution in [1.82, 2.24) is 4.31 Å². The fraction of sp³-hybridized carbons (Fsp3) is 0.600. The van der Waals surface area contributed by atoms with Crippen LogP contribution in [-0.4, -0.2) is 43.1 Å². The number of carbonyl (C=O) groups is 2. The van der Waals surface area contributed by atoms with Crippen LogP contribution in [-0.2, 0) is 19.6 Å². The van der Waals surface area contributed by atoms with Crippen molar-refractivity contribution in [2.24, 2.45) is 11.3 Å². The third kappa shape index (κ3) is 4.49. The number of sulfonamides is 1. The Labute approximate surface area is 185 Å². The van der Waals surface area contributed by atoms with E-state index in [2.05, 4.69) is 11.8 Å². The Balaban J connectivity index is 1.49. The minimum absolute atomic E-state index is 0.0222. The van der Waals surface area contributed by atoms with Crippen LogP contribution in [0.5, 0.6) is 0 Å². The van der Waals surface area contributed by atoms with E-state index in [1.165, 1.54) is 0 Å². The van der Waals surface area contributed by atoms with Crippen LogP contribution in [0.15, 0.2) is 12.1 Å². The summed E-state index contributed by atoms with van der Waals surface area (Å²) in [5.41, 5.74) is 3.21. The lowest BCUT2D eigenvalue weighted by Gasteiger charge is -2.44. The summed E-state index contributed by atoms with van der Waals surface area (Å²) in [6, 6.07) is 3.90. The molecule has 1 saturated heterocycles. The van der Waals surface area contributed by atoms with Gasteiger partial charge in [0.05, 0.1) is 5.75 Å². The van der Waals surface area contributed by atoms with Crippen LogP contribution in [0.2, 0.25) is 0 Å². The van der Waals surface area contributed by atoms with E-state index in [1.54, 1.807) is 11.2 Å². The van der Waals surface area contributed by atoms with Crippen LogP contribution in [0, 0.1) is 37.0 Å². The normalized spacial score (nSPS) is 22.4. The number of hydrogen-bond acceptors (Lipinski definition) is 4. The van der Waals surface area contributed by atoms with Gasteiger partial charge in [0.25, 0.3) is 0 Å². The predicted octanol–water partition coefficient (Wildman–Crippen LogP) is 3.51. The van der Waals surface area contributed by atoms with E-state index in [0.717, 1.165) is 35.1 Å². The SMILES string of the molecule is CC#Cc1cc(C)c(C2C(=O)CC3(CCN(S(=O)(=O)CC4CC4)CC3)CC2=O)c(C)c1. The molecule has 2 saturated carbocycles. The van der Waals surface area contributed by atoms with Crippen molar-refractivity contribution in [2.45, 2.75) is 65.2 Å². The summed E-state index contributed by atoms with van der Waals surface area (Å²) in [5, 5.41) is 0. The van der Waals surface area contributed by atoms with Crippen molar-refractivity contribution >= 4 is 21.6 Å². The van der Waals surface area contributed by atoms with E-state index in [1.807, 2.05) is 26.0 Å². The third-order valence-corrected chi connectivity index (χ3v) is 9.26. The number of benzene rings is 1. The maximum atomic E-state index is 13.2. The standard InChI is InChI=1S/C25H31NO4S/c1-4-5-20-12-17(2)23(18(3)13-20)24-21(27)14-25(15-22(24)28)8-10-26(11-9-25)31(29,30)16-19-6-7-19/h12-13,19,24H,6-11,14-16H2,1-3H3. The van der Waals surface area contributed by atoms with Crippen LogP contribution < -0.4 is 0 Å². The van der Waals surface area contributed by atoms with Crippen molar-refractivity contribution in [3.8, 4) is 11.8 Å². The molecule has 1 aliphatic heterocycles. The van der Waals surface area contributed by atoms with Gasteiger partial charge in [-0.1, -0.05) is 5.92 Å². The number of hydrogen-bond donors (Lipinski definition) is 0. The van der Waals surface area contributed by atoms with Gasteiger partial charge in [-0.05, 0) is 86.6 Å². The smallest absolute Gasteiger partial charge is 0.214 e. The Morgan fingerprint density at radius 1 is 1.03 bits per heavy atom. The molecule has 3 fully saturated rings. The lowest BCUT2D eigenvalue weighted by Crippen LogP contribution is -2.48. The van der Waals surface area contributed by atoms with Crippen molar-refractivity contribution in [3.05, 3.63) is 34.4 Å². The van der Waals surface area contributed by atoms with Gasteiger partial charge in [-0.3, -0.25) is 9.59 Å². The van der Waals surface area contributed by atoms with Crippen LogP contribution in [0.3, 0.4) is 0 Å². The van der Waals surface area contributed by atoms with Crippen LogP contribution in [0.4, 0.5) is 0 Å². The second kappa shape index (κ2) is 8.18. The van der Waals surface area contributed by atoms with E-state index >= 15 is 0 Å². The second-order valence-corrected chi connectivity index (χ2v) is 11.8. The summed E-state index contributed by atoms with van der Waals surface area (Å²) in [7, 11) is -3.22. The third-order valence-electron chi connectivity index (χ3n) is 7.21. The van der Waals surface area contributed by atoms with Crippen molar-refractivity contribution in [3.63, 3.8) is 0 Å². The molecule has 2 aliphatic carbocycles. The fourth-order valence-corrected chi connectivity index (χ4v) is 7.31. The quantitative estimate of drug-likeness (QED) is 0.530. The minimum Gasteiger partial charge on any atom is -0.299 e. The second-order valence-electron chi connectivity index (χ2n) is 9.74. The molecule has 1 aromatic rings. The molecule has 6 heteroatoms. The molecule has 166 valence electrons. The largest absolute Gasteiger partial charge is 0.299 e. The molecule has 0 atom stereocenters.